The molecule has 2 N–H and O–H groups in total. The van der Waals surface area contributed by atoms with Crippen molar-refractivity contribution in [2.75, 3.05) is 11.9 Å². The number of aliphatic hydroxyl groups is 1. The lowest BCUT2D eigenvalue weighted by atomic mass is 9.98. The van der Waals surface area contributed by atoms with E-state index < -0.39 is 42.5 Å². The monoisotopic (exact) mass is 337 g/mol. The third-order valence-electron chi connectivity index (χ3n) is 2.97. The molecule has 5 nitrogen and oxygen atoms in total. The van der Waals surface area contributed by atoms with Gasteiger partial charge in [-0.2, -0.15) is 13.2 Å². The summed E-state index contributed by atoms with van der Waals surface area (Å²) in [6, 6.07) is 3.33. The van der Waals surface area contributed by atoms with E-state index in [1.54, 1.807) is 0 Å². The highest BCUT2D eigenvalue weighted by atomic mass is 19.4. The van der Waals surface area contributed by atoms with E-state index >= 15 is 0 Å². The lowest BCUT2D eigenvalue weighted by molar-refractivity contribution is -0.262. The molecule has 0 aliphatic carbocycles. The van der Waals surface area contributed by atoms with Crippen LogP contribution in [0.5, 0.6) is 0 Å². The normalized spacial score (nSPS) is 14.0. The van der Waals surface area contributed by atoms with E-state index in [4.69, 9.17) is 0 Å². The molecule has 0 heterocycles. The Morgan fingerprint density at radius 1 is 1.30 bits per heavy atom. The summed E-state index contributed by atoms with van der Waals surface area (Å²) in [5.41, 5.74) is -3.65. The van der Waals surface area contributed by atoms with Crippen LogP contribution in [0, 0.1) is 12.7 Å². The lowest BCUT2D eigenvalue weighted by Gasteiger charge is -2.27. The molecule has 1 atom stereocenters. The van der Waals surface area contributed by atoms with Crippen LogP contribution in [0.2, 0.25) is 0 Å². The number of hydrogen-bond acceptors (Lipinski definition) is 4. The first-order chi connectivity index (χ1) is 10.5. The third kappa shape index (κ3) is 4.41. The van der Waals surface area contributed by atoms with Crippen molar-refractivity contribution in [3.63, 3.8) is 0 Å². The summed E-state index contributed by atoms with van der Waals surface area (Å²) < 4.78 is 56.1. The molecule has 23 heavy (non-hydrogen) atoms. The molecule has 1 aromatic rings. The highest BCUT2D eigenvalue weighted by Crippen LogP contribution is 2.34. The van der Waals surface area contributed by atoms with E-state index in [0.29, 0.717) is 5.56 Å². The summed E-state index contributed by atoms with van der Waals surface area (Å²) >= 11 is 0. The van der Waals surface area contributed by atoms with Gasteiger partial charge in [-0.25, -0.2) is 9.18 Å². The molecule has 0 spiro atoms. The molecule has 0 radical (unpaired) electrons. The summed E-state index contributed by atoms with van der Waals surface area (Å²) in [6.45, 7) is 2.35. The van der Waals surface area contributed by atoms with Gasteiger partial charge in [0.15, 0.2) is 0 Å². The molecule has 0 saturated carbocycles. The Morgan fingerprint density at radius 2 is 1.91 bits per heavy atom. The fraction of sp³-hybridized carbons (Fsp3) is 0.429. The van der Waals surface area contributed by atoms with Crippen LogP contribution in [-0.2, 0) is 14.3 Å². The van der Waals surface area contributed by atoms with Crippen LogP contribution in [0.3, 0.4) is 0 Å². The predicted octanol–water partition coefficient (Wildman–Crippen LogP) is 2.32. The molecule has 0 aromatic heterocycles. The van der Waals surface area contributed by atoms with E-state index in [9.17, 15) is 32.3 Å². The molecule has 0 saturated heterocycles. The highest BCUT2D eigenvalue weighted by Gasteiger charge is 2.61. The summed E-state index contributed by atoms with van der Waals surface area (Å²) in [5.74, 6) is -3.99. The second kappa shape index (κ2) is 6.95. The zero-order valence-electron chi connectivity index (χ0n) is 12.3. The van der Waals surface area contributed by atoms with Gasteiger partial charge in [-0.05, 0) is 31.5 Å². The summed E-state index contributed by atoms with van der Waals surface area (Å²) in [5, 5.41) is 11.6. The zero-order valence-corrected chi connectivity index (χ0v) is 12.3. The molecule has 0 aliphatic heterocycles. The van der Waals surface area contributed by atoms with Crippen LogP contribution in [0.1, 0.15) is 18.9 Å². The Kier molecular flexibility index (Phi) is 5.70. The molecule has 0 bridgehead atoms. The van der Waals surface area contributed by atoms with Crippen LogP contribution >= 0.6 is 0 Å². The fourth-order valence-corrected chi connectivity index (χ4v) is 1.69. The Morgan fingerprint density at radius 3 is 2.43 bits per heavy atom. The van der Waals surface area contributed by atoms with Crippen LogP contribution in [0.15, 0.2) is 18.2 Å². The average molecular weight is 337 g/mol. The number of carbonyl (C=O) groups is 2. The average Bonchev–Trinajstić information content (AvgIpc) is 2.41. The van der Waals surface area contributed by atoms with Gasteiger partial charge >= 0.3 is 12.1 Å². The Labute approximate surface area is 129 Å². The Balaban J connectivity index is 2.98. The number of hydrogen-bond donors (Lipinski definition) is 2. The SMILES string of the molecule is CCOC(=O)[C@](O)(CC(=O)Nc1cc(F)ccc1C)C(F)(F)F. The van der Waals surface area contributed by atoms with Gasteiger partial charge in [-0.1, -0.05) is 6.07 Å². The van der Waals surface area contributed by atoms with E-state index in [0.717, 1.165) is 12.1 Å². The second-order valence-electron chi connectivity index (χ2n) is 4.76. The molecule has 0 aliphatic rings. The van der Waals surface area contributed by atoms with Gasteiger partial charge in [0.2, 0.25) is 5.91 Å². The van der Waals surface area contributed by atoms with Crippen molar-refractivity contribution in [3.8, 4) is 0 Å². The topological polar surface area (TPSA) is 75.6 Å². The number of halogens is 4. The molecule has 0 fully saturated rings. The van der Waals surface area contributed by atoms with Crippen LogP contribution in [0.4, 0.5) is 23.2 Å². The Bertz CT molecular complexity index is 603. The number of aryl methyl sites for hydroxylation is 1. The number of esters is 1. The molecule has 1 aromatic carbocycles. The summed E-state index contributed by atoms with van der Waals surface area (Å²) in [4.78, 5) is 23.1. The number of ether oxygens (including phenoxy) is 1. The molecule has 1 amide bonds. The van der Waals surface area contributed by atoms with Crippen LogP contribution in [-0.4, -0.2) is 35.4 Å². The van der Waals surface area contributed by atoms with Crippen LogP contribution in [0.25, 0.3) is 0 Å². The van der Waals surface area contributed by atoms with Gasteiger partial charge in [0.05, 0.1) is 13.0 Å². The standard InChI is InChI=1S/C14H15F4NO4/c1-3-23-12(21)13(22,14(16,17)18)7-11(20)19-10-6-9(15)5-4-8(10)2/h4-6,22H,3,7H2,1-2H3,(H,19,20)/t13-/m1/s1. The van der Waals surface area contributed by atoms with Gasteiger partial charge < -0.3 is 15.2 Å². The van der Waals surface area contributed by atoms with Gasteiger partial charge in [-0.15, -0.1) is 0 Å². The number of benzene rings is 1. The predicted molar refractivity (Wildman–Crippen MR) is 72.0 cm³/mol. The quantitative estimate of drug-likeness (QED) is 0.639. The van der Waals surface area contributed by atoms with Gasteiger partial charge in [0.1, 0.15) is 5.82 Å². The molecular formula is C14H15F4NO4. The number of carbonyl (C=O) groups excluding carboxylic acids is 2. The minimum absolute atomic E-state index is 0.0663. The molecule has 9 heteroatoms. The van der Waals surface area contributed by atoms with Gasteiger partial charge in [-0.3, -0.25) is 4.79 Å². The summed E-state index contributed by atoms with van der Waals surface area (Å²) in [7, 11) is 0. The zero-order chi connectivity index (χ0) is 17.8. The fourth-order valence-electron chi connectivity index (χ4n) is 1.69. The smallest absolute Gasteiger partial charge is 0.428 e. The third-order valence-corrected chi connectivity index (χ3v) is 2.97. The van der Waals surface area contributed by atoms with Crippen molar-refractivity contribution in [3.05, 3.63) is 29.6 Å². The minimum atomic E-state index is -5.41. The summed E-state index contributed by atoms with van der Waals surface area (Å²) in [6.07, 6.45) is -7.02. The first kappa shape index (κ1) is 18.9. The van der Waals surface area contributed by atoms with Crippen molar-refractivity contribution < 1.29 is 37.0 Å². The molecular weight excluding hydrogens is 322 g/mol. The van der Waals surface area contributed by atoms with Crippen molar-refractivity contribution in [1.29, 1.82) is 0 Å². The maximum absolute atomic E-state index is 13.1. The number of nitrogens with one attached hydrogen (secondary N) is 1. The van der Waals surface area contributed by atoms with Crippen LogP contribution < -0.4 is 5.32 Å². The van der Waals surface area contributed by atoms with E-state index in [1.807, 2.05) is 5.32 Å². The van der Waals surface area contributed by atoms with E-state index in [2.05, 4.69) is 4.74 Å². The number of amides is 1. The lowest BCUT2D eigenvalue weighted by Crippen LogP contribution is -2.54. The number of anilines is 1. The van der Waals surface area contributed by atoms with Crippen molar-refractivity contribution in [2.24, 2.45) is 0 Å². The first-order valence-corrected chi connectivity index (χ1v) is 6.53. The molecule has 128 valence electrons. The number of rotatable bonds is 5. The maximum atomic E-state index is 13.1. The minimum Gasteiger partial charge on any atom is -0.464 e. The van der Waals surface area contributed by atoms with Crippen molar-refractivity contribution in [1.82, 2.24) is 0 Å². The highest BCUT2D eigenvalue weighted by molar-refractivity contribution is 5.96. The van der Waals surface area contributed by atoms with E-state index in [1.165, 1.54) is 19.9 Å². The van der Waals surface area contributed by atoms with E-state index in [-0.39, 0.29) is 5.69 Å². The first-order valence-electron chi connectivity index (χ1n) is 6.53. The van der Waals surface area contributed by atoms with Crippen molar-refractivity contribution in [2.45, 2.75) is 32.0 Å². The Hall–Kier alpha value is -2.16. The largest absolute Gasteiger partial charge is 0.464 e. The number of alkyl halides is 3. The van der Waals surface area contributed by atoms with Crippen molar-refractivity contribution >= 4 is 17.6 Å². The molecule has 1 rings (SSSR count). The maximum Gasteiger partial charge on any atom is 0.428 e. The molecule has 0 unspecified atom stereocenters. The van der Waals surface area contributed by atoms with Gasteiger partial charge in [0.25, 0.3) is 5.60 Å². The second-order valence-corrected chi connectivity index (χ2v) is 4.76. The van der Waals surface area contributed by atoms with Gasteiger partial charge in [0, 0.05) is 5.69 Å².